The highest BCUT2D eigenvalue weighted by Gasteiger charge is 2.20. The lowest BCUT2D eigenvalue weighted by Crippen LogP contribution is -2.41. The van der Waals surface area contributed by atoms with Crippen LogP contribution >= 0.6 is 11.8 Å². The van der Waals surface area contributed by atoms with Gasteiger partial charge in [0.25, 0.3) is 0 Å². The van der Waals surface area contributed by atoms with Crippen LogP contribution in [0.1, 0.15) is 18.6 Å². The molecule has 21 heavy (non-hydrogen) atoms. The van der Waals surface area contributed by atoms with Crippen molar-refractivity contribution in [2.45, 2.75) is 18.6 Å². The van der Waals surface area contributed by atoms with Crippen molar-refractivity contribution in [2.75, 3.05) is 38.3 Å². The summed E-state index contributed by atoms with van der Waals surface area (Å²) in [6, 6.07) is 5.46. The Morgan fingerprint density at radius 1 is 1.33 bits per heavy atom. The molecule has 1 aromatic carbocycles. The predicted molar refractivity (Wildman–Crippen MR) is 84.3 cm³/mol. The van der Waals surface area contributed by atoms with Gasteiger partial charge < -0.3 is 25.0 Å². The zero-order valence-corrected chi connectivity index (χ0v) is 13.3. The van der Waals surface area contributed by atoms with Gasteiger partial charge in [-0.2, -0.15) is 11.8 Å². The Kier molecular flexibility index (Phi) is 5.75. The highest BCUT2D eigenvalue weighted by atomic mass is 32.2. The summed E-state index contributed by atoms with van der Waals surface area (Å²) >= 11 is 1.60. The summed E-state index contributed by atoms with van der Waals surface area (Å²) in [7, 11) is 0. The van der Waals surface area contributed by atoms with Crippen LogP contribution < -0.4 is 14.8 Å². The molecule has 0 aromatic heterocycles. The van der Waals surface area contributed by atoms with E-state index in [2.05, 4.69) is 5.32 Å². The van der Waals surface area contributed by atoms with E-state index in [4.69, 9.17) is 9.47 Å². The number of nitrogens with one attached hydrogen (secondary N) is 1. The number of fused-ring (bicyclic) bond motifs is 1. The van der Waals surface area contributed by atoms with E-state index in [0.29, 0.717) is 43.6 Å². The number of aliphatic hydroxyl groups is 2. The summed E-state index contributed by atoms with van der Waals surface area (Å²) in [5.41, 5.74) is 0.00243. The largest absolute Gasteiger partial charge is 0.486 e. The van der Waals surface area contributed by atoms with Crippen LogP contribution in [-0.2, 0) is 0 Å². The molecule has 5 nitrogen and oxygen atoms in total. The fourth-order valence-corrected chi connectivity index (χ4v) is 2.95. The topological polar surface area (TPSA) is 71.0 Å². The van der Waals surface area contributed by atoms with Crippen LogP contribution in [0.3, 0.4) is 0 Å². The van der Waals surface area contributed by atoms with Gasteiger partial charge in [0.1, 0.15) is 13.2 Å². The summed E-state index contributed by atoms with van der Waals surface area (Å²) in [5.74, 6) is 2.04. The van der Waals surface area contributed by atoms with E-state index in [1.807, 2.05) is 18.4 Å². The number of rotatable bonds is 7. The molecule has 2 atom stereocenters. The molecule has 0 saturated carbocycles. The highest BCUT2D eigenvalue weighted by molar-refractivity contribution is 7.98. The van der Waals surface area contributed by atoms with Crippen LogP contribution in [-0.4, -0.2) is 54.1 Å². The maximum Gasteiger partial charge on any atom is 0.161 e. The van der Waals surface area contributed by atoms with E-state index in [1.165, 1.54) is 0 Å². The first-order valence-corrected chi connectivity index (χ1v) is 8.41. The Hall–Kier alpha value is -0.950. The molecule has 0 bridgehead atoms. The smallest absolute Gasteiger partial charge is 0.161 e. The number of aliphatic hydroxyl groups excluding tert-OH is 1. The third-order valence-corrected chi connectivity index (χ3v) is 4.16. The summed E-state index contributed by atoms with van der Waals surface area (Å²) in [6.45, 7) is 3.69. The standard InChI is InChI=1S/C15H23NO4S/c1-15(18,10-21-2)9-16-8-12(17)11-3-4-13-14(7-11)20-6-5-19-13/h3-4,7,12,16-18H,5-6,8-10H2,1-2H3. The third kappa shape index (κ3) is 4.78. The molecule has 118 valence electrons. The van der Waals surface area contributed by atoms with Crippen molar-refractivity contribution >= 4 is 11.8 Å². The zero-order chi connectivity index (χ0) is 15.3. The Labute approximate surface area is 129 Å². The summed E-state index contributed by atoms with van der Waals surface area (Å²) in [6.07, 6.45) is 1.31. The molecule has 1 aliphatic rings. The number of hydrogen-bond acceptors (Lipinski definition) is 6. The lowest BCUT2D eigenvalue weighted by molar-refractivity contribution is 0.0785. The second kappa shape index (κ2) is 7.35. The first-order chi connectivity index (χ1) is 10.0. The molecule has 6 heteroatoms. The first-order valence-electron chi connectivity index (χ1n) is 7.01. The van der Waals surface area contributed by atoms with Crippen molar-refractivity contribution in [1.29, 1.82) is 0 Å². The maximum atomic E-state index is 10.2. The molecule has 3 N–H and O–H groups in total. The Morgan fingerprint density at radius 3 is 2.76 bits per heavy atom. The van der Waals surface area contributed by atoms with Gasteiger partial charge in [0.05, 0.1) is 11.7 Å². The fraction of sp³-hybridized carbons (Fsp3) is 0.600. The maximum absolute atomic E-state index is 10.2. The minimum Gasteiger partial charge on any atom is -0.486 e. The highest BCUT2D eigenvalue weighted by Crippen LogP contribution is 2.32. The van der Waals surface area contributed by atoms with Gasteiger partial charge in [0.2, 0.25) is 0 Å². The molecule has 1 heterocycles. The Bertz CT molecular complexity index is 467. The molecule has 1 aliphatic heterocycles. The summed E-state index contributed by atoms with van der Waals surface area (Å²) < 4.78 is 11.0. The van der Waals surface area contributed by atoms with E-state index >= 15 is 0 Å². The second-order valence-corrected chi connectivity index (χ2v) is 6.35. The van der Waals surface area contributed by atoms with Crippen molar-refractivity contribution in [3.8, 4) is 11.5 Å². The first kappa shape index (κ1) is 16.4. The summed E-state index contributed by atoms with van der Waals surface area (Å²) in [5, 5.41) is 23.4. The average molecular weight is 313 g/mol. The monoisotopic (exact) mass is 313 g/mol. The molecule has 0 spiro atoms. The van der Waals surface area contributed by atoms with Crippen molar-refractivity contribution in [3.63, 3.8) is 0 Å². The van der Waals surface area contributed by atoms with E-state index in [9.17, 15) is 10.2 Å². The molecule has 0 fully saturated rings. The minimum absolute atomic E-state index is 0.379. The number of hydrogen-bond donors (Lipinski definition) is 3. The van der Waals surface area contributed by atoms with Crippen molar-refractivity contribution < 1.29 is 19.7 Å². The van der Waals surface area contributed by atoms with Gasteiger partial charge in [-0.3, -0.25) is 0 Å². The minimum atomic E-state index is -0.772. The number of ether oxygens (including phenoxy) is 2. The molecule has 1 aromatic rings. The normalized spacial score (nSPS) is 18.1. The van der Waals surface area contributed by atoms with Crippen LogP contribution in [0.25, 0.3) is 0 Å². The zero-order valence-electron chi connectivity index (χ0n) is 12.5. The lowest BCUT2D eigenvalue weighted by Gasteiger charge is -2.24. The van der Waals surface area contributed by atoms with Crippen LogP contribution in [0.2, 0.25) is 0 Å². The molecule has 0 saturated heterocycles. The SMILES string of the molecule is CSCC(C)(O)CNCC(O)c1ccc2c(c1)OCCO2. The van der Waals surface area contributed by atoms with Crippen LogP contribution in [0.4, 0.5) is 0 Å². The van der Waals surface area contributed by atoms with Gasteiger partial charge in [-0.1, -0.05) is 6.07 Å². The second-order valence-electron chi connectivity index (χ2n) is 5.48. The molecule has 2 unspecified atom stereocenters. The van der Waals surface area contributed by atoms with Gasteiger partial charge in [0.15, 0.2) is 11.5 Å². The molecule has 0 amide bonds. The molecular weight excluding hydrogens is 290 g/mol. The molecule has 0 aliphatic carbocycles. The number of thioether (sulfide) groups is 1. The molecule has 0 radical (unpaired) electrons. The Morgan fingerprint density at radius 2 is 2.05 bits per heavy atom. The van der Waals surface area contributed by atoms with Gasteiger partial charge >= 0.3 is 0 Å². The van der Waals surface area contributed by atoms with Crippen molar-refractivity contribution in [1.82, 2.24) is 5.32 Å². The van der Waals surface area contributed by atoms with Crippen LogP contribution in [0.15, 0.2) is 18.2 Å². The molecule has 2 rings (SSSR count). The van der Waals surface area contributed by atoms with Gasteiger partial charge in [-0.25, -0.2) is 0 Å². The number of benzene rings is 1. The van der Waals surface area contributed by atoms with Crippen LogP contribution in [0, 0.1) is 0 Å². The van der Waals surface area contributed by atoms with Gasteiger partial charge in [0, 0.05) is 18.8 Å². The average Bonchev–Trinajstić information content (AvgIpc) is 2.46. The van der Waals surface area contributed by atoms with Gasteiger partial charge in [-0.15, -0.1) is 0 Å². The molecular formula is C15H23NO4S. The van der Waals surface area contributed by atoms with Crippen molar-refractivity contribution in [3.05, 3.63) is 23.8 Å². The fourth-order valence-electron chi connectivity index (χ4n) is 2.23. The van der Waals surface area contributed by atoms with E-state index in [1.54, 1.807) is 24.8 Å². The predicted octanol–water partition coefficient (Wildman–Crippen LogP) is 1.19. The van der Waals surface area contributed by atoms with Crippen molar-refractivity contribution in [2.24, 2.45) is 0 Å². The third-order valence-electron chi connectivity index (χ3n) is 3.25. The lowest BCUT2D eigenvalue weighted by atomic mass is 10.1. The van der Waals surface area contributed by atoms with Crippen LogP contribution in [0.5, 0.6) is 11.5 Å². The summed E-state index contributed by atoms with van der Waals surface area (Å²) in [4.78, 5) is 0. The Balaban J connectivity index is 1.87. The quantitative estimate of drug-likeness (QED) is 0.702. The van der Waals surface area contributed by atoms with E-state index in [-0.39, 0.29) is 0 Å². The van der Waals surface area contributed by atoms with Gasteiger partial charge in [-0.05, 0) is 30.9 Å². The van der Waals surface area contributed by atoms with E-state index < -0.39 is 11.7 Å². The van der Waals surface area contributed by atoms with E-state index in [0.717, 1.165) is 5.56 Å².